The lowest BCUT2D eigenvalue weighted by atomic mass is 10.1. The zero-order chi connectivity index (χ0) is 38.4. The van der Waals surface area contributed by atoms with Crippen molar-refractivity contribution in [1.82, 2.24) is 26.6 Å². The third-order valence-electron chi connectivity index (χ3n) is 7.01. The molecule has 0 aromatic rings. The van der Waals surface area contributed by atoms with Gasteiger partial charge in [0.05, 0.1) is 6.42 Å². The molecule has 5 atom stereocenters. The molecule has 0 heterocycles. The maximum absolute atomic E-state index is 12.5. The first kappa shape index (κ1) is 44.7. The topological polar surface area (TPSA) is 358 Å². The van der Waals surface area contributed by atoms with Crippen molar-refractivity contribution in [3.8, 4) is 0 Å². The van der Waals surface area contributed by atoms with Gasteiger partial charge in [-0.3, -0.25) is 33.6 Å². The van der Waals surface area contributed by atoms with Gasteiger partial charge in [0.25, 0.3) is 0 Å². The first-order chi connectivity index (χ1) is 23.3. The van der Waals surface area contributed by atoms with E-state index in [9.17, 15) is 63.3 Å². The number of carboxylic acids is 5. The Kier molecular flexibility index (Phi) is 21.3. The van der Waals surface area contributed by atoms with Gasteiger partial charge in [-0.15, -0.1) is 0 Å². The Morgan fingerprint density at radius 3 is 1.34 bits per heavy atom. The van der Waals surface area contributed by atoms with Crippen LogP contribution >= 0.6 is 0 Å². The van der Waals surface area contributed by atoms with Crippen molar-refractivity contribution in [2.45, 2.75) is 114 Å². The molecule has 12 N–H and O–H groups in total. The van der Waals surface area contributed by atoms with Crippen LogP contribution in [0.5, 0.6) is 0 Å². The Hall–Kier alpha value is -5.34. The van der Waals surface area contributed by atoms with Crippen LogP contribution in [0.3, 0.4) is 0 Å². The van der Waals surface area contributed by atoms with Gasteiger partial charge in [-0.2, -0.15) is 0 Å². The van der Waals surface area contributed by atoms with Crippen LogP contribution in [0.15, 0.2) is 0 Å². The van der Waals surface area contributed by atoms with Crippen molar-refractivity contribution >= 4 is 59.4 Å². The first-order valence-corrected chi connectivity index (χ1v) is 15.6. The second-order valence-electron chi connectivity index (χ2n) is 11.3. The van der Waals surface area contributed by atoms with Gasteiger partial charge < -0.3 is 57.9 Å². The molecule has 0 bridgehead atoms. The summed E-state index contributed by atoms with van der Waals surface area (Å²) in [6.07, 6.45) is -2.38. The zero-order valence-electron chi connectivity index (χ0n) is 27.5. The molecule has 21 nitrogen and oxygen atoms in total. The molecule has 5 amide bonds. The molecule has 0 spiro atoms. The number of unbranched alkanes of at least 4 members (excludes halogenated alkanes) is 1. The molecule has 0 aliphatic carbocycles. The molecule has 0 saturated carbocycles. The molecular weight excluding hydrogens is 672 g/mol. The summed E-state index contributed by atoms with van der Waals surface area (Å²) in [5, 5.41) is 57.3. The Morgan fingerprint density at radius 2 is 0.940 bits per heavy atom. The molecular formula is C29H46N6O15. The second kappa shape index (κ2) is 23.9. The summed E-state index contributed by atoms with van der Waals surface area (Å²) < 4.78 is 0. The van der Waals surface area contributed by atoms with Crippen molar-refractivity contribution in [3.63, 3.8) is 0 Å². The van der Waals surface area contributed by atoms with Crippen LogP contribution < -0.4 is 32.3 Å². The summed E-state index contributed by atoms with van der Waals surface area (Å²) >= 11 is 0. The van der Waals surface area contributed by atoms with Gasteiger partial charge in [-0.25, -0.2) is 14.4 Å². The minimum Gasteiger partial charge on any atom is -0.481 e. The molecule has 282 valence electrons. The Morgan fingerprint density at radius 1 is 0.520 bits per heavy atom. The van der Waals surface area contributed by atoms with E-state index in [0.717, 1.165) is 6.92 Å². The van der Waals surface area contributed by atoms with Crippen molar-refractivity contribution in [1.29, 1.82) is 0 Å². The van der Waals surface area contributed by atoms with E-state index in [-0.39, 0.29) is 32.2 Å². The molecule has 0 saturated heterocycles. The summed E-state index contributed by atoms with van der Waals surface area (Å²) in [6.45, 7) is 1.30. The summed E-state index contributed by atoms with van der Waals surface area (Å²) in [5.74, 6) is -10.5. The number of carbonyl (C=O) groups is 10. The highest BCUT2D eigenvalue weighted by Gasteiger charge is 2.26. The van der Waals surface area contributed by atoms with E-state index in [2.05, 4.69) is 26.6 Å². The standard InChI is InChI=1S/C29H46N6O15/c1-15(36)32-18(27(45)46)6-11-23(39)35-20(29(49)50)8-12-24(40)34-19(28(47)48)7-10-22(38)33-16(14-25(41)42)5-9-21(37)31-13-3-2-4-17(30)26(43)44/h16-20H,2-14,30H2,1H3,(H,31,37)(H,32,36)(H,33,38)(H,34,40)(H,35,39)(H,41,42)(H,43,44)(H,45,46)(H,47,48)(H,49,50). The minimum absolute atomic E-state index is 0.0659. The van der Waals surface area contributed by atoms with Crippen LogP contribution in [0, 0.1) is 0 Å². The molecule has 0 rings (SSSR count). The fraction of sp³-hybridized carbons (Fsp3) is 0.655. The lowest BCUT2D eigenvalue weighted by Gasteiger charge is -2.19. The van der Waals surface area contributed by atoms with E-state index in [4.69, 9.17) is 15.9 Å². The predicted molar refractivity (Wildman–Crippen MR) is 168 cm³/mol. The molecule has 21 heteroatoms. The largest absolute Gasteiger partial charge is 0.481 e. The monoisotopic (exact) mass is 718 g/mol. The van der Waals surface area contributed by atoms with Crippen molar-refractivity contribution in [2.75, 3.05) is 6.54 Å². The van der Waals surface area contributed by atoms with Crippen molar-refractivity contribution in [2.24, 2.45) is 5.73 Å². The molecule has 0 aromatic heterocycles. The highest BCUT2D eigenvalue weighted by atomic mass is 16.4. The fourth-order valence-corrected chi connectivity index (χ4v) is 4.35. The van der Waals surface area contributed by atoms with E-state index in [1.165, 1.54) is 0 Å². The molecule has 0 fully saturated rings. The summed E-state index contributed by atoms with van der Waals surface area (Å²) in [4.78, 5) is 117. The fourth-order valence-electron chi connectivity index (χ4n) is 4.35. The Labute approximate surface area is 286 Å². The van der Waals surface area contributed by atoms with Crippen molar-refractivity contribution in [3.05, 3.63) is 0 Å². The first-order valence-electron chi connectivity index (χ1n) is 15.6. The SMILES string of the molecule is CC(=O)NC(CCC(=O)NC(CCC(=O)NC(CCC(=O)NC(CCC(=O)NCCCCC(N)C(=O)O)CC(=O)O)C(=O)O)C(=O)O)C(=O)O. The molecule has 0 aromatic carbocycles. The number of hydrogen-bond donors (Lipinski definition) is 11. The molecule has 50 heavy (non-hydrogen) atoms. The van der Waals surface area contributed by atoms with Gasteiger partial charge in [0.1, 0.15) is 24.2 Å². The Balaban J connectivity index is 4.86. The summed E-state index contributed by atoms with van der Waals surface area (Å²) in [6, 6.07) is -6.58. The highest BCUT2D eigenvalue weighted by Crippen LogP contribution is 2.08. The average molecular weight is 719 g/mol. The number of rotatable bonds is 27. The maximum atomic E-state index is 12.5. The summed E-state index contributed by atoms with van der Waals surface area (Å²) in [5.41, 5.74) is 5.40. The van der Waals surface area contributed by atoms with Gasteiger partial charge >= 0.3 is 29.8 Å². The smallest absolute Gasteiger partial charge is 0.326 e. The molecule has 5 unspecified atom stereocenters. The van der Waals surface area contributed by atoms with Crippen LogP contribution in [0.25, 0.3) is 0 Å². The lowest BCUT2D eigenvalue weighted by Crippen LogP contribution is -2.45. The van der Waals surface area contributed by atoms with Gasteiger partial charge in [0.15, 0.2) is 0 Å². The van der Waals surface area contributed by atoms with Gasteiger partial charge in [-0.05, 0) is 44.9 Å². The number of nitrogens with two attached hydrogens (primary N) is 1. The Bertz CT molecular complexity index is 1240. The lowest BCUT2D eigenvalue weighted by molar-refractivity contribution is -0.144. The van der Waals surface area contributed by atoms with Gasteiger partial charge in [0.2, 0.25) is 29.5 Å². The molecule has 0 aliphatic heterocycles. The number of aliphatic carboxylic acids is 5. The maximum Gasteiger partial charge on any atom is 0.326 e. The van der Waals surface area contributed by atoms with E-state index >= 15 is 0 Å². The van der Waals surface area contributed by atoms with E-state index < -0.39 is 128 Å². The van der Waals surface area contributed by atoms with E-state index in [1.807, 2.05) is 0 Å². The van der Waals surface area contributed by atoms with E-state index in [1.54, 1.807) is 0 Å². The quantitative estimate of drug-likeness (QED) is 0.0391. The number of hydrogen-bond acceptors (Lipinski definition) is 11. The van der Waals surface area contributed by atoms with Crippen molar-refractivity contribution < 1.29 is 73.5 Å². The number of carbonyl (C=O) groups excluding carboxylic acids is 5. The van der Waals surface area contributed by atoms with Crippen LogP contribution in [0.4, 0.5) is 0 Å². The summed E-state index contributed by atoms with van der Waals surface area (Å²) in [7, 11) is 0. The zero-order valence-corrected chi connectivity index (χ0v) is 27.5. The number of nitrogens with one attached hydrogen (secondary N) is 5. The average Bonchev–Trinajstić information content (AvgIpc) is 3.00. The number of amides is 5. The third kappa shape index (κ3) is 21.5. The van der Waals surface area contributed by atoms with Crippen LogP contribution in [-0.4, -0.2) is 122 Å². The third-order valence-corrected chi connectivity index (χ3v) is 7.01. The molecule has 0 aliphatic rings. The highest BCUT2D eigenvalue weighted by molar-refractivity contribution is 5.87. The van der Waals surface area contributed by atoms with Crippen LogP contribution in [-0.2, 0) is 47.9 Å². The normalized spacial score (nSPS) is 13.6. The predicted octanol–water partition coefficient (Wildman–Crippen LogP) is -2.51. The van der Waals surface area contributed by atoms with Crippen LogP contribution in [0.2, 0.25) is 0 Å². The van der Waals surface area contributed by atoms with Gasteiger partial charge in [-0.1, -0.05) is 0 Å². The van der Waals surface area contributed by atoms with E-state index in [0.29, 0.717) is 12.8 Å². The van der Waals surface area contributed by atoms with Crippen LogP contribution in [0.1, 0.15) is 84.0 Å². The number of carboxylic acid groups (broad SMARTS) is 5. The minimum atomic E-state index is -1.60. The second-order valence-corrected chi connectivity index (χ2v) is 11.3. The van der Waals surface area contributed by atoms with Gasteiger partial charge in [0, 0.05) is 45.2 Å². The molecule has 0 radical (unpaired) electrons.